The number of carbonyl (C=O) groups is 1. The van der Waals surface area contributed by atoms with Crippen LogP contribution in [0.2, 0.25) is 10.0 Å². The van der Waals surface area contributed by atoms with E-state index in [1.165, 1.54) is 7.11 Å². The summed E-state index contributed by atoms with van der Waals surface area (Å²) in [7, 11) is 2.91. The number of halogens is 2. The summed E-state index contributed by atoms with van der Waals surface area (Å²) in [6.45, 7) is 0. The van der Waals surface area contributed by atoms with Gasteiger partial charge in [0.05, 0.1) is 35.5 Å². The number of benzene rings is 2. The highest BCUT2D eigenvalue weighted by molar-refractivity contribution is 6.36. The summed E-state index contributed by atoms with van der Waals surface area (Å²) in [5.41, 5.74) is 1.77. The minimum Gasteiger partial charge on any atom is -0.497 e. The maximum absolute atomic E-state index is 11.8. The number of ether oxygens (including phenoxy) is 2. The van der Waals surface area contributed by atoms with Crippen molar-refractivity contribution in [2.24, 2.45) is 0 Å². The van der Waals surface area contributed by atoms with Crippen molar-refractivity contribution in [1.29, 1.82) is 0 Å². The highest BCUT2D eigenvalue weighted by atomic mass is 35.5. The van der Waals surface area contributed by atoms with Crippen molar-refractivity contribution in [3.05, 3.63) is 58.2 Å². The molecule has 0 aliphatic heterocycles. The van der Waals surface area contributed by atoms with Crippen molar-refractivity contribution in [3.63, 3.8) is 0 Å². The minimum atomic E-state index is -0.427. The summed E-state index contributed by atoms with van der Waals surface area (Å²) in [5.74, 6) is 0.223. The van der Waals surface area contributed by atoms with Crippen LogP contribution >= 0.6 is 23.2 Å². The first-order chi connectivity index (χ1) is 11.5. The van der Waals surface area contributed by atoms with Gasteiger partial charge in [0.25, 0.3) is 0 Å². The van der Waals surface area contributed by atoms with E-state index in [1.807, 2.05) is 6.07 Å². The molecule has 0 fully saturated rings. The van der Waals surface area contributed by atoms with E-state index in [9.17, 15) is 4.79 Å². The Balaban J connectivity index is 2.27. The lowest BCUT2D eigenvalue weighted by Crippen LogP contribution is -2.01. The maximum Gasteiger partial charge on any atom is 0.337 e. The summed E-state index contributed by atoms with van der Waals surface area (Å²) in [4.78, 5) is 16.2. The Morgan fingerprint density at radius 1 is 1.00 bits per heavy atom. The van der Waals surface area contributed by atoms with E-state index in [4.69, 9.17) is 32.7 Å². The first-order valence-corrected chi connectivity index (χ1v) is 7.81. The molecule has 1 heterocycles. The van der Waals surface area contributed by atoms with Crippen molar-refractivity contribution in [1.82, 2.24) is 4.98 Å². The summed E-state index contributed by atoms with van der Waals surface area (Å²) in [6.07, 6.45) is 1.57. The number of hydrogen-bond donors (Lipinski definition) is 0. The van der Waals surface area contributed by atoms with Crippen LogP contribution in [0.3, 0.4) is 0 Å². The van der Waals surface area contributed by atoms with Gasteiger partial charge >= 0.3 is 5.97 Å². The van der Waals surface area contributed by atoms with E-state index < -0.39 is 5.97 Å². The third-order valence-electron chi connectivity index (χ3n) is 3.69. The van der Waals surface area contributed by atoms with Gasteiger partial charge in [0.15, 0.2) is 0 Å². The van der Waals surface area contributed by atoms with Crippen LogP contribution in [0.25, 0.3) is 22.0 Å². The topological polar surface area (TPSA) is 48.4 Å². The Morgan fingerprint density at radius 3 is 2.46 bits per heavy atom. The van der Waals surface area contributed by atoms with Crippen molar-refractivity contribution in [3.8, 4) is 17.0 Å². The van der Waals surface area contributed by atoms with Gasteiger partial charge in [-0.15, -0.1) is 0 Å². The molecule has 0 N–H and O–H groups in total. The summed E-state index contributed by atoms with van der Waals surface area (Å²) in [6, 6.07) is 10.5. The second-order valence-corrected chi connectivity index (χ2v) is 5.87. The van der Waals surface area contributed by atoms with Gasteiger partial charge in [-0.3, -0.25) is 4.98 Å². The number of hydrogen-bond acceptors (Lipinski definition) is 4. The van der Waals surface area contributed by atoms with Crippen LogP contribution < -0.4 is 4.74 Å². The molecule has 24 heavy (non-hydrogen) atoms. The van der Waals surface area contributed by atoms with Gasteiger partial charge < -0.3 is 9.47 Å². The zero-order valence-electron chi connectivity index (χ0n) is 13.0. The highest BCUT2D eigenvalue weighted by Gasteiger charge is 2.15. The van der Waals surface area contributed by atoms with E-state index in [0.717, 1.165) is 16.3 Å². The predicted octanol–water partition coefficient (Wildman–Crippen LogP) is 5.00. The molecule has 0 saturated heterocycles. The molecule has 0 amide bonds. The fourth-order valence-corrected chi connectivity index (χ4v) is 2.96. The van der Waals surface area contributed by atoms with Crippen molar-refractivity contribution < 1.29 is 14.3 Å². The predicted molar refractivity (Wildman–Crippen MR) is 95.1 cm³/mol. The van der Waals surface area contributed by atoms with Gasteiger partial charge in [-0.1, -0.05) is 29.3 Å². The minimum absolute atomic E-state index is 0.417. The number of aromatic nitrogens is 1. The molecular formula is C18H13Cl2NO3. The van der Waals surface area contributed by atoms with Crippen LogP contribution in [0.5, 0.6) is 5.75 Å². The van der Waals surface area contributed by atoms with Crippen molar-refractivity contribution in [2.45, 2.75) is 0 Å². The molecule has 0 bridgehead atoms. The summed E-state index contributed by atoms with van der Waals surface area (Å²) >= 11 is 12.6. The Labute approximate surface area is 148 Å². The Kier molecular flexibility index (Phi) is 4.60. The van der Waals surface area contributed by atoms with E-state index in [2.05, 4.69) is 4.98 Å². The average Bonchev–Trinajstić information content (AvgIpc) is 2.61. The molecule has 0 radical (unpaired) electrons. The zero-order chi connectivity index (χ0) is 17.3. The molecule has 6 heteroatoms. The molecule has 0 atom stereocenters. The van der Waals surface area contributed by atoms with Gasteiger partial charge in [-0.25, -0.2) is 4.79 Å². The third-order valence-corrected chi connectivity index (χ3v) is 4.31. The molecule has 0 saturated carbocycles. The summed E-state index contributed by atoms with van der Waals surface area (Å²) in [5, 5.41) is 2.49. The van der Waals surface area contributed by atoms with Gasteiger partial charge in [-0.2, -0.15) is 0 Å². The van der Waals surface area contributed by atoms with Crippen molar-refractivity contribution in [2.75, 3.05) is 14.2 Å². The van der Waals surface area contributed by atoms with Crippen molar-refractivity contribution >= 4 is 39.9 Å². The molecule has 0 unspecified atom stereocenters. The van der Waals surface area contributed by atoms with Crippen LogP contribution in [0, 0.1) is 0 Å². The third kappa shape index (κ3) is 2.90. The molecule has 4 nitrogen and oxygen atoms in total. The van der Waals surface area contributed by atoms with E-state index in [0.29, 0.717) is 27.1 Å². The quantitative estimate of drug-likeness (QED) is 0.615. The van der Waals surface area contributed by atoms with Gasteiger partial charge in [0.2, 0.25) is 0 Å². The maximum atomic E-state index is 11.8. The SMILES string of the molecule is COC(=O)c1ccc2c(Cl)cnc(-c3ccc(OC)cc3Cl)c2c1. The van der Waals surface area contributed by atoms with Crippen LogP contribution in [0.15, 0.2) is 42.6 Å². The van der Waals surface area contributed by atoms with E-state index >= 15 is 0 Å². The summed E-state index contributed by atoms with van der Waals surface area (Å²) < 4.78 is 9.95. The first-order valence-electron chi connectivity index (χ1n) is 7.05. The van der Waals surface area contributed by atoms with E-state index in [-0.39, 0.29) is 0 Å². The normalized spacial score (nSPS) is 10.7. The van der Waals surface area contributed by atoms with Gasteiger partial charge in [-0.05, 0) is 30.3 Å². The molecule has 122 valence electrons. The molecule has 0 spiro atoms. The van der Waals surface area contributed by atoms with E-state index in [1.54, 1.807) is 43.6 Å². The number of esters is 1. The number of carbonyl (C=O) groups excluding carboxylic acids is 1. The second-order valence-electron chi connectivity index (χ2n) is 5.05. The Morgan fingerprint density at radius 2 is 1.79 bits per heavy atom. The van der Waals surface area contributed by atoms with Crippen LogP contribution in [-0.2, 0) is 4.74 Å². The fourth-order valence-electron chi connectivity index (χ4n) is 2.48. The number of nitrogens with zero attached hydrogens (tertiary/aromatic N) is 1. The number of methoxy groups -OCH3 is 2. The Bertz CT molecular complexity index is 941. The molecular weight excluding hydrogens is 349 g/mol. The number of rotatable bonds is 3. The number of pyridine rings is 1. The molecule has 1 aromatic heterocycles. The smallest absolute Gasteiger partial charge is 0.337 e. The van der Waals surface area contributed by atoms with Crippen LogP contribution in [-0.4, -0.2) is 25.2 Å². The lowest BCUT2D eigenvalue weighted by atomic mass is 10.0. The first kappa shape index (κ1) is 16.6. The van der Waals surface area contributed by atoms with Crippen LogP contribution in [0.1, 0.15) is 10.4 Å². The average molecular weight is 362 g/mol. The molecule has 3 aromatic rings. The largest absolute Gasteiger partial charge is 0.497 e. The molecule has 2 aromatic carbocycles. The highest BCUT2D eigenvalue weighted by Crippen LogP contribution is 2.36. The fraction of sp³-hybridized carbons (Fsp3) is 0.111. The van der Waals surface area contributed by atoms with Gasteiger partial charge in [0, 0.05) is 22.5 Å². The van der Waals surface area contributed by atoms with Gasteiger partial charge in [0.1, 0.15) is 5.75 Å². The molecule has 3 rings (SSSR count). The standard InChI is InChI=1S/C18H13Cl2NO3/c1-23-11-4-6-13(15(19)8-11)17-14-7-10(18(22)24-2)3-5-12(14)16(20)9-21-17/h3-9H,1-2H3. The Hall–Kier alpha value is -2.30. The zero-order valence-corrected chi connectivity index (χ0v) is 14.5. The lowest BCUT2D eigenvalue weighted by molar-refractivity contribution is 0.0601. The monoisotopic (exact) mass is 361 g/mol. The second kappa shape index (κ2) is 6.67. The lowest BCUT2D eigenvalue weighted by Gasteiger charge is -2.11. The molecule has 0 aliphatic carbocycles. The number of fused-ring (bicyclic) bond motifs is 1. The molecule has 0 aliphatic rings. The van der Waals surface area contributed by atoms with Crippen LogP contribution in [0.4, 0.5) is 0 Å².